The van der Waals surface area contributed by atoms with E-state index in [2.05, 4.69) is 26.6 Å². The Morgan fingerprint density at radius 3 is 2.76 bits per heavy atom. The summed E-state index contributed by atoms with van der Waals surface area (Å²) in [6, 6.07) is 3.51. The van der Waals surface area contributed by atoms with Crippen LogP contribution in [0.3, 0.4) is 0 Å². The van der Waals surface area contributed by atoms with Crippen LogP contribution in [-0.2, 0) is 0 Å². The van der Waals surface area contributed by atoms with Crippen molar-refractivity contribution in [3.63, 3.8) is 0 Å². The molecule has 114 valence electrons. The van der Waals surface area contributed by atoms with Crippen molar-refractivity contribution in [2.75, 3.05) is 7.05 Å². The summed E-state index contributed by atoms with van der Waals surface area (Å²) in [5, 5.41) is 11.6. The fraction of sp³-hybridized carbons (Fsp3) is 0.214. The van der Waals surface area contributed by atoms with E-state index in [1.165, 1.54) is 6.07 Å². The third kappa shape index (κ3) is 6.05. The molecule has 21 heavy (non-hydrogen) atoms. The molecular weight excluding hydrogens is 342 g/mol. The van der Waals surface area contributed by atoms with Crippen molar-refractivity contribution >= 4 is 21.6 Å². The number of hydrogen-bond acceptors (Lipinski definition) is 3. The minimum absolute atomic E-state index is 0.289. The van der Waals surface area contributed by atoms with Gasteiger partial charge in [-0.2, -0.15) is 0 Å². The molecule has 0 aliphatic heterocycles. The molecule has 0 aliphatic carbocycles. The quantitative estimate of drug-likeness (QED) is 0.329. The summed E-state index contributed by atoms with van der Waals surface area (Å²) in [6.45, 7) is 0. The Labute approximate surface area is 130 Å². The van der Waals surface area contributed by atoms with Crippen molar-refractivity contribution in [1.82, 2.24) is 10.6 Å². The van der Waals surface area contributed by atoms with Crippen molar-refractivity contribution < 1.29 is 14.2 Å². The zero-order valence-corrected chi connectivity index (χ0v) is 13.1. The van der Waals surface area contributed by atoms with Gasteiger partial charge in [-0.15, -0.1) is 0 Å². The molecule has 6 N–H and O–H groups in total. The highest BCUT2D eigenvalue weighted by atomic mass is 79.9. The molecule has 0 fully saturated rings. The van der Waals surface area contributed by atoms with Crippen molar-refractivity contribution in [2.45, 2.75) is 12.6 Å². The molecule has 0 aromatic heterocycles. The molecule has 7 heteroatoms. The lowest BCUT2D eigenvalue weighted by Crippen LogP contribution is -2.46. The van der Waals surface area contributed by atoms with Gasteiger partial charge in [0, 0.05) is 23.3 Å². The largest absolute Gasteiger partial charge is 0.394 e. The van der Waals surface area contributed by atoms with Crippen molar-refractivity contribution in [3.8, 4) is 0 Å². The summed E-state index contributed by atoms with van der Waals surface area (Å²) in [5.41, 5.74) is 6.67. The summed E-state index contributed by atoms with van der Waals surface area (Å²) in [4.78, 5) is 0. The lowest BCUT2D eigenvalue weighted by molar-refractivity contribution is -0.115. The number of halogens is 3. The first-order chi connectivity index (χ1) is 9.93. The van der Waals surface area contributed by atoms with Crippen LogP contribution in [0.2, 0.25) is 0 Å². The highest BCUT2D eigenvalue weighted by molar-refractivity contribution is 9.11. The number of hydrogen-bond donors (Lipinski definition) is 4. The van der Waals surface area contributed by atoms with Gasteiger partial charge in [0.25, 0.3) is 0 Å². The van der Waals surface area contributed by atoms with Crippen molar-refractivity contribution in [3.05, 3.63) is 58.4 Å². The van der Waals surface area contributed by atoms with E-state index in [9.17, 15) is 8.78 Å². The molecule has 0 aliphatic rings. The Bertz CT molecular complexity index is 558. The van der Waals surface area contributed by atoms with Crippen LogP contribution in [0.25, 0.3) is 0 Å². The molecule has 1 unspecified atom stereocenters. The maximum absolute atomic E-state index is 13.1. The fourth-order valence-electron chi connectivity index (χ4n) is 1.51. The van der Waals surface area contributed by atoms with Gasteiger partial charge >= 0.3 is 0 Å². The lowest BCUT2D eigenvalue weighted by atomic mass is 10.1. The Morgan fingerprint density at radius 1 is 1.43 bits per heavy atom. The highest BCUT2D eigenvalue weighted by Gasteiger charge is 2.14. The topological polar surface area (TPSA) is 75.7 Å². The van der Waals surface area contributed by atoms with Crippen molar-refractivity contribution in [1.29, 1.82) is 0 Å². The van der Waals surface area contributed by atoms with Crippen LogP contribution in [0.4, 0.5) is 8.78 Å². The maximum Gasteiger partial charge on any atom is 0.183 e. The minimum atomic E-state index is -0.933. The molecule has 1 aromatic rings. The number of nitrogens with two attached hydrogens (primary N) is 2. The normalized spacial score (nSPS) is 13.3. The van der Waals surface area contributed by atoms with E-state index in [1.807, 2.05) is 0 Å². The van der Waals surface area contributed by atoms with Gasteiger partial charge in [0.05, 0.1) is 12.6 Å². The second-order valence-corrected chi connectivity index (χ2v) is 5.20. The molecule has 0 bridgehead atoms. The predicted octanol–water partition coefficient (Wildman–Crippen LogP) is 0.747. The Kier molecular flexibility index (Phi) is 7.04. The number of nitrogens with one attached hydrogen (secondary N) is 2. The van der Waals surface area contributed by atoms with E-state index in [-0.39, 0.29) is 6.42 Å². The third-order valence-corrected chi connectivity index (χ3v) is 3.07. The first-order valence-electron chi connectivity index (χ1n) is 6.22. The van der Waals surface area contributed by atoms with E-state index in [4.69, 9.17) is 11.1 Å². The molecule has 0 heterocycles. The minimum Gasteiger partial charge on any atom is -0.394 e. The Morgan fingerprint density at radius 2 is 2.14 bits per heavy atom. The average molecular weight is 360 g/mol. The molecule has 0 saturated heterocycles. The molecular formula is C14H18BrF2N4+. The summed E-state index contributed by atoms with van der Waals surface area (Å²) in [6.07, 6.45) is 5.06. The van der Waals surface area contributed by atoms with Crippen LogP contribution in [0.15, 0.2) is 41.2 Å². The van der Waals surface area contributed by atoms with Gasteiger partial charge in [-0.25, -0.2) is 8.78 Å². The Hall–Kier alpha value is -1.73. The van der Waals surface area contributed by atoms with E-state index >= 15 is 0 Å². The molecule has 1 aromatic carbocycles. The Balaban J connectivity index is 2.58. The van der Waals surface area contributed by atoms with Gasteiger partial charge in [0.2, 0.25) is 0 Å². The van der Waals surface area contributed by atoms with Gasteiger partial charge in [0.15, 0.2) is 17.3 Å². The maximum atomic E-state index is 13.1. The highest BCUT2D eigenvalue weighted by Crippen LogP contribution is 2.10. The predicted molar refractivity (Wildman–Crippen MR) is 83.3 cm³/mol. The van der Waals surface area contributed by atoms with E-state index in [0.717, 1.165) is 16.6 Å². The van der Waals surface area contributed by atoms with Gasteiger partial charge in [-0.3, -0.25) is 5.41 Å². The van der Waals surface area contributed by atoms with Crippen molar-refractivity contribution in [2.24, 2.45) is 5.73 Å². The molecule has 0 saturated carbocycles. The zero-order chi connectivity index (χ0) is 15.8. The van der Waals surface area contributed by atoms with E-state index in [1.54, 1.807) is 25.5 Å². The van der Waals surface area contributed by atoms with Crippen LogP contribution < -0.4 is 21.8 Å². The van der Waals surface area contributed by atoms with Crippen LogP contribution in [0.1, 0.15) is 12.0 Å². The second-order valence-electron chi connectivity index (χ2n) is 4.28. The summed E-state index contributed by atoms with van der Waals surface area (Å²) >= 11 is 3.32. The second kappa shape index (κ2) is 8.53. The van der Waals surface area contributed by atoms with Gasteiger partial charge in [0.1, 0.15) is 0 Å². The molecule has 4 nitrogen and oxygen atoms in total. The molecule has 1 atom stereocenters. The van der Waals surface area contributed by atoms with Gasteiger partial charge < -0.3 is 16.4 Å². The molecule has 0 spiro atoms. The number of benzene rings is 1. The lowest BCUT2D eigenvalue weighted by Gasteiger charge is -2.10. The van der Waals surface area contributed by atoms with Crippen LogP contribution in [0.5, 0.6) is 0 Å². The van der Waals surface area contributed by atoms with Crippen LogP contribution >= 0.6 is 15.9 Å². The van der Waals surface area contributed by atoms with Crippen LogP contribution in [0, 0.1) is 11.6 Å². The summed E-state index contributed by atoms with van der Waals surface area (Å²) in [5.74, 6) is -1.84. The molecule has 1 rings (SSSR count). The van der Waals surface area contributed by atoms with Crippen LogP contribution in [-0.4, -0.2) is 18.9 Å². The molecule has 0 radical (unpaired) electrons. The first kappa shape index (κ1) is 17.3. The monoisotopic (exact) mass is 359 g/mol. The summed E-state index contributed by atoms with van der Waals surface area (Å²) < 4.78 is 26.8. The first-order valence-corrected chi connectivity index (χ1v) is 7.01. The van der Waals surface area contributed by atoms with E-state index in [0.29, 0.717) is 11.3 Å². The number of rotatable bonds is 7. The third-order valence-electron chi connectivity index (χ3n) is 2.57. The molecule has 0 amide bonds. The summed E-state index contributed by atoms with van der Waals surface area (Å²) in [7, 11) is 1.79. The average Bonchev–Trinajstić information content (AvgIpc) is 2.45. The van der Waals surface area contributed by atoms with E-state index < -0.39 is 17.8 Å². The van der Waals surface area contributed by atoms with Gasteiger partial charge in [-0.05, 0) is 46.4 Å². The number of allylic oxidation sites excluding steroid dienone is 2. The SMILES string of the molecule is CN/C=C/C(Br)=C\NC(N)CC(=[NH2+])c1ccc(F)c(F)c1. The smallest absolute Gasteiger partial charge is 0.183 e. The van der Waals surface area contributed by atoms with Gasteiger partial charge in [-0.1, -0.05) is 0 Å². The zero-order valence-electron chi connectivity index (χ0n) is 11.5. The standard InChI is InChI=1S/C14H17BrF2N4/c1-20-5-4-10(15)8-21-14(19)7-13(18)9-2-3-11(16)12(17)6-9/h2-6,8,14,18,20-21H,7,19H2,1H3/p+1/b5-4+,10-8+,18-13?. The fourth-order valence-corrected chi connectivity index (χ4v) is 1.77.